The summed E-state index contributed by atoms with van der Waals surface area (Å²) < 4.78 is 17.4. The van der Waals surface area contributed by atoms with Gasteiger partial charge in [0, 0.05) is 18.3 Å². The molecule has 0 aromatic heterocycles. The third-order valence-electron chi connectivity index (χ3n) is 6.16. The van der Waals surface area contributed by atoms with Crippen molar-refractivity contribution in [1.29, 1.82) is 0 Å². The zero-order valence-corrected chi connectivity index (χ0v) is 15.3. The summed E-state index contributed by atoms with van der Waals surface area (Å²) in [6, 6.07) is 0. The van der Waals surface area contributed by atoms with Crippen LogP contribution in [-0.4, -0.2) is 40.7 Å². The molecule has 2 N–H and O–H groups in total. The minimum atomic E-state index is -1.15. The molecular weight excluding hydrogens is 344 g/mol. The number of carboxylic acid groups (broad SMARTS) is 1. The SMILES string of the molecule is CC1C(OC(=O)CCC(=O)O)OC2OC(C)(OO)CCC3CCCC1C32. The van der Waals surface area contributed by atoms with Gasteiger partial charge in [-0.15, -0.1) is 0 Å². The Morgan fingerprint density at radius 3 is 2.69 bits per heavy atom. The fourth-order valence-electron chi connectivity index (χ4n) is 4.73. The molecule has 0 spiro atoms. The Balaban J connectivity index is 1.74. The van der Waals surface area contributed by atoms with Gasteiger partial charge in [-0.3, -0.25) is 9.59 Å². The molecule has 1 aliphatic carbocycles. The molecule has 2 saturated heterocycles. The smallest absolute Gasteiger partial charge is 0.308 e. The minimum Gasteiger partial charge on any atom is -0.481 e. The van der Waals surface area contributed by atoms with E-state index in [1.54, 1.807) is 6.92 Å². The fraction of sp³-hybridized carbons (Fsp3) is 0.889. The Hall–Kier alpha value is -1.22. The van der Waals surface area contributed by atoms with Crippen LogP contribution < -0.4 is 0 Å². The van der Waals surface area contributed by atoms with Crippen LogP contribution in [0.25, 0.3) is 0 Å². The van der Waals surface area contributed by atoms with Crippen LogP contribution >= 0.6 is 0 Å². The number of carboxylic acids is 1. The first-order valence-corrected chi connectivity index (χ1v) is 9.40. The summed E-state index contributed by atoms with van der Waals surface area (Å²) in [4.78, 5) is 27.2. The van der Waals surface area contributed by atoms with E-state index in [1.807, 2.05) is 6.92 Å². The van der Waals surface area contributed by atoms with Crippen molar-refractivity contribution in [3.05, 3.63) is 0 Å². The number of ether oxygens (including phenoxy) is 3. The molecule has 3 fully saturated rings. The van der Waals surface area contributed by atoms with E-state index in [2.05, 4.69) is 4.89 Å². The van der Waals surface area contributed by atoms with Gasteiger partial charge in [0.2, 0.25) is 12.1 Å². The van der Waals surface area contributed by atoms with Gasteiger partial charge in [0.05, 0.1) is 12.8 Å². The lowest BCUT2D eigenvalue weighted by Gasteiger charge is -2.49. The number of carbonyl (C=O) groups is 2. The van der Waals surface area contributed by atoms with Crippen LogP contribution in [0.2, 0.25) is 0 Å². The number of rotatable bonds is 5. The predicted molar refractivity (Wildman–Crippen MR) is 87.5 cm³/mol. The van der Waals surface area contributed by atoms with Gasteiger partial charge in [0.25, 0.3) is 0 Å². The first kappa shape index (κ1) is 19.5. The number of aliphatic carboxylic acids is 1. The predicted octanol–water partition coefficient (Wildman–Crippen LogP) is 2.76. The number of carbonyl (C=O) groups excluding carboxylic acids is 1. The minimum absolute atomic E-state index is 0.00386. The van der Waals surface area contributed by atoms with Crippen LogP contribution in [0.1, 0.15) is 58.8 Å². The molecule has 2 aliphatic heterocycles. The monoisotopic (exact) mass is 372 g/mol. The van der Waals surface area contributed by atoms with Crippen molar-refractivity contribution in [2.45, 2.75) is 77.2 Å². The summed E-state index contributed by atoms with van der Waals surface area (Å²) in [6.07, 6.45) is 2.75. The second kappa shape index (κ2) is 7.80. The highest BCUT2D eigenvalue weighted by Gasteiger charge is 2.53. The highest BCUT2D eigenvalue weighted by Crippen LogP contribution is 2.51. The first-order chi connectivity index (χ1) is 12.3. The Kier molecular flexibility index (Phi) is 5.86. The van der Waals surface area contributed by atoms with Crippen LogP contribution in [0.5, 0.6) is 0 Å². The van der Waals surface area contributed by atoms with E-state index in [-0.39, 0.29) is 30.6 Å². The zero-order valence-electron chi connectivity index (χ0n) is 15.3. The Labute approximate surface area is 152 Å². The van der Waals surface area contributed by atoms with E-state index in [0.717, 1.165) is 25.7 Å². The van der Waals surface area contributed by atoms with E-state index < -0.39 is 30.3 Å². The molecule has 7 unspecified atom stereocenters. The molecule has 3 aliphatic rings. The number of hydrogen-bond donors (Lipinski definition) is 2. The zero-order chi connectivity index (χ0) is 18.9. The summed E-state index contributed by atoms with van der Waals surface area (Å²) in [5.74, 6) is -1.92. The molecule has 0 aromatic rings. The van der Waals surface area contributed by atoms with Crippen molar-refractivity contribution < 1.29 is 39.1 Å². The van der Waals surface area contributed by atoms with Crippen LogP contribution in [0.4, 0.5) is 0 Å². The average Bonchev–Trinajstić information content (AvgIpc) is 2.75. The van der Waals surface area contributed by atoms with E-state index in [0.29, 0.717) is 12.3 Å². The maximum absolute atomic E-state index is 12.0. The Morgan fingerprint density at radius 2 is 2.00 bits per heavy atom. The van der Waals surface area contributed by atoms with E-state index >= 15 is 0 Å². The van der Waals surface area contributed by atoms with Gasteiger partial charge in [-0.25, -0.2) is 10.1 Å². The van der Waals surface area contributed by atoms with Gasteiger partial charge in [0.1, 0.15) is 0 Å². The molecule has 0 aromatic carbocycles. The molecule has 8 heteroatoms. The van der Waals surface area contributed by atoms with Gasteiger partial charge in [-0.1, -0.05) is 13.3 Å². The van der Waals surface area contributed by atoms with Crippen LogP contribution in [-0.2, 0) is 28.7 Å². The summed E-state index contributed by atoms with van der Waals surface area (Å²) >= 11 is 0. The second-order valence-corrected chi connectivity index (χ2v) is 7.93. The van der Waals surface area contributed by atoms with Crippen LogP contribution in [0.15, 0.2) is 0 Å². The van der Waals surface area contributed by atoms with Crippen LogP contribution in [0.3, 0.4) is 0 Å². The van der Waals surface area contributed by atoms with Gasteiger partial charge in [-0.05, 0) is 38.0 Å². The van der Waals surface area contributed by atoms with Crippen molar-refractivity contribution in [1.82, 2.24) is 0 Å². The molecule has 8 nitrogen and oxygen atoms in total. The van der Waals surface area contributed by atoms with Crippen molar-refractivity contribution in [3.8, 4) is 0 Å². The quantitative estimate of drug-likeness (QED) is 0.430. The highest BCUT2D eigenvalue weighted by atomic mass is 17.1. The molecule has 0 amide bonds. The lowest BCUT2D eigenvalue weighted by Crippen LogP contribution is -2.53. The maximum Gasteiger partial charge on any atom is 0.308 e. The largest absolute Gasteiger partial charge is 0.481 e. The van der Waals surface area contributed by atoms with Gasteiger partial charge >= 0.3 is 11.9 Å². The molecular formula is C18H28O8. The topological polar surface area (TPSA) is 112 Å². The van der Waals surface area contributed by atoms with E-state index in [1.165, 1.54) is 0 Å². The molecule has 26 heavy (non-hydrogen) atoms. The fourth-order valence-corrected chi connectivity index (χ4v) is 4.73. The van der Waals surface area contributed by atoms with Crippen molar-refractivity contribution in [3.63, 3.8) is 0 Å². The summed E-state index contributed by atoms with van der Waals surface area (Å²) in [5, 5.41) is 18.0. The lowest BCUT2D eigenvalue weighted by atomic mass is 9.65. The molecule has 2 heterocycles. The standard InChI is InChI=1S/C18H28O8/c1-10-12-5-3-4-11-8-9-18(2,26-22)25-17(15(11)12)24-16(10)23-14(21)7-6-13(19)20/h10-12,15-17,22H,3-9H2,1-2H3,(H,19,20). The van der Waals surface area contributed by atoms with E-state index in [9.17, 15) is 14.8 Å². The molecule has 148 valence electrons. The van der Waals surface area contributed by atoms with Gasteiger partial charge in [0.15, 0.2) is 6.29 Å². The first-order valence-electron chi connectivity index (χ1n) is 9.40. The molecule has 0 bridgehead atoms. The lowest BCUT2D eigenvalue weighted by molar-refractivity contribution is -0.442. The number of esters is 1. The molecule has 1 saturated carbocycles. The molecule has 7 atom stereocenters. The third kappa shape index (κ3) is 4.03. The van der Waals surface area contributed by atoms with Gasteiger partial charge in [-0.2, -0.15) is 0 Å². The highest BCUT2D eigenvalue weighted by molar-refractivity contribution is 5.76. The van der Waals surface area contributed by atoms with E-state index in [4.69, 9.17) is 19.3 Å². The average molecular weight is 372 g/mol. The summed E-state index contributed by atoms with van der Waals surface area (Å²) in [7, 11) is 0. The van der Waals surface area contributed by atoms with Crippen LogP contribution in [0, 0.1) is 23.7 Å². The summed E-state index contributed by atoms with van der Waals surface area (Å²) in [6.45, 7) is 3.68. The van der Waals surface area contributed by atoms with Crippen molar-refractivity contribution >= 4 is 11.9 Å². The van der Waals surface area contributed by atoms with Crippen molar-refractivity contribution in [2.24, 2.45) is 23.7 Å². The Morgan fingerprint density at radius 1 is 1.23 bits per heavy atom. The third-order valence-corrected chi connectivity index (χ3v) is 6.16. The normalized spacial score (nSPS) is 42.4. The number of hydrogen-bond acceptors (Lipinski definition) is 7. The van der Waals surface area contributed by atoms with Crippen molar-refractivity contribution in [2.75, 3.05) is 0 Å². The maximum atomic E-state index is 12.0. The molecule has 0 radical (unpaired) electrons. The van der Waals surface area contributed by atoms with Gasteiger partial charge < -0.3 is 19.3 Å². The summed E-state index contributed by atoms with van der Waals surface area (Å²) in [5.41, 5.74) is 0. The Bertz CT molecular complexity index is 537. The second-order valence-electron chi connectivity index (χ2n) is 7.93. The molecule has 3 rings (SSSR count).